The van der Waals surface area contributed by atoms with Gasteiger partial charge in [-0.1, -0.05) is 65.7 Å². The fourth-order valence-corrected chi connectivity index (χ4v) is 4.19. The summed E-state index contributed by atoms with van der Waals surface area (Å²) in [6, 6.07) is 11.2. The van der Waals surface area contributed by atoms with Crippen LogP contribution < -0.4 is 10.1 Å². The highest BCUT2D eigenvalue weighted by Crippen LogP contribution is 2.27. The Hall–Kier alpha value is -1.10. The molecule has 2 aromatic carbocycles. The molecule has 2 aromatic rings. The van der Waals surface area contributed by atoms with E-state index in [0.29, 0.717) is 16.6 Å². The zero-order valence-corrected chi connectivity index (χ0v) is 17.8. The summed E-state index contributed by atoms with van der Waals surface area (Å²) in [6.07, 6.45) is 9.11. The molecule has 146 valence electrons. The molecule has 1 aliphatic rings. The van der Waals surface area contributed by atoms with Gasteiger partial charge in [0.25, 0.3) is 0 Å². The number of rotatable bonds is 6. The van der Waals surface area contributed by atoms with Crippen LogP contribution in [0.1, 0.15) is 56.1 Å². The molecule has 0 atom stereocenters. The average Bonchev–Trinajstić information content (AvgIpc) is 2.62. The van der Waals surface area contributed by atoms with Gasteiger partial charge < -0.3 is 10.1 Å². The molecular weight excluding hydrogens is 429 g/mol. The monoisotopic (exact) mass is 453 g/mol. The summed E-state index contributed by atoms with van der Waals surface area (Å²) in [5.74, 6) is 0.421. The standard InChI is InChI=1S/C22H26BrClFNO/c23-17-11-12-22(27-15-19-20(24)9-6-10-21(19)25)16(13-17)14-26-18-7-4-2-1-3-5-8-18/h6,9-13,18,26H,1-5,7-8,14-15H2. The number of ether oxygens (including phenoxy) is 1. The predicted octanol–water partition coefficient (Wildman–Crippen LogP) is 7.02. The van der Waals surface area contributed by atoms with Crippen molar-refractivity contribution in [3.05, 3.63) is 62.8 Å². The minimum absolute atomic E-state index is 0.115. The molecule has 0 bridgehead atoms. The Bertz CT molecular complexity index is 727. The summed E-state index contributed by atoms with van der Waals surface area (Å²) < 4.78 is 20.9. The number of benzene rings is 2. The Morgan fingerprint density at radius 3 is 2.56 bits per heavy atom. The molecule has 0 heterocycles. The first kappa shape index (κ1) is 20.6. The van der Waals surface area contributed by atoms with Gasteiger partial charge in [-0.15, -0.1) is 0 Å². The van der Waals surface area contributed by atoms with E-state index in [1.165, 1.54) is 51.0 Å². The van der Waals surface area contributed by atoms with Crippen molar-refractivity contribution >= 4 is 27.5 Å². The maximum atomic E-state index is 14.0. The Morgan fingerprint density at radius 1 is 1.07 bits per heavy atom. The fourth-order valence-electron chi connectivity index (χ4n) is 3.56. The molecule has 0 unspecified atom stereocenters. The highest BCUT2D eigenvalue weighted by atomic mass is 79.9. The van der Waals surface area contributed by atoms with Crippen molar-refractivity contribution in [3.63, 3.8) is 0 Å². The lowest BCUT2D eigenvalue weighted by molar-refractivity contribution is 0.294. The van der Waals surface area contributed by atoms with Crippen LogP contribution in [0, 0.1) is 5.82 Å². The number of nitrogens with one attached hydrogen (secondary N) is 1. The molecule has 0 aliphatic heterocycles. The van der Waals surface area contributed by atoms with Gasteiger partial charge in [-0.05, 0) is 43.2 Å². The third-order valence-corrected chi connectivity index (χ3v) is 5.99. The van der Waals surface area contributed by atoms with Gasteiger partial charge in [0.1, 0.15) is 18.2 Å². The third kappa shape index (κ3) is 6.20. The molecule has 2 nitrogen and oxygen atoms in total. The maximum Gasteiger partial charge on any atom is 0.131 e. The highest BCUT2D eigenvalue weighted by Gasteiger charge is 2.14. The van der Waals surface area contributed by atoms with Crippen LogP contribution in [-0.2, 0) is 13.2 Å². The predicted molar refractivity (Wildman–Crippen MR) is 113 cm³/mol. The molecule has 0 aromatic heterocycles. The molecule has 1 fully saturated rings. The van der Waals surface area contributed by atoms with Crippen LogP contribution >= 0.6 is 27.5 Å². The summed E-state index contributed by atoms with van der Waals surface area (Å²) in [5, 5.41) is 4.08. The topological polar surface area (TPSA) is 21.3 Å². The SMILES string of the molecule is Fc1cccc(Cl)c1COc1ccc(Br)cc1CNC1CCCCCCC1. The quantitative estimate of drug-likeness (QED) is 0.506. The molecular formula is C22H26BrClFNO. The zero-order chi connectivity index (χ0) is 19.1. The van der Waals surface area contributed by atoms with Crippen molar-refractivity contribution < 1.29 is 9.13 Å². The average molecular weight is 455 g/mol. The van der Waals surface area contributed by atoms with Gasteiger partial charge in [0, 0.05) is 28.2 Å². The van der Waals surface area contributed by atoms with Gasteiger partial charge in [0.05, 0.1) is 5.02 Å². The van der Waals surface area contributed by atoms with Crippen molar-refractivity contribution in [3.8, 4) is 5.75 Å². The number of hydrogen-bond acceptors (Lipinski definition) is 2. The van der Waals surface area contributed by atoms with Gasteiger partial charge in [0.15, 0.2) is 0 Å². The van der Waals surface area contributed by atoms with Crippen LogP contribution in [0.15, 0.2) is 40.9 Å². The zero-order valence-electron chi connectivity index (χ0n) is 15.4. The molecule has 1 N–H and O–H groups in total. The van der Waals surface area contributed by atoms with Crippen LogP contribution in [0.2, 0.25) is 5.02 Å². The Kier molecular flexibility index (Phi) is 7.98. The molecule has 0 amide bonds. The van der Waals surface area contributed by atoms with E-state index in [-0.39, 0.29) is 12.4 Å². The number of halogens is 3. The Morgan fingerprint density at radius 2 is 1.81 bits per heavy atom. The van der Waals surface area contributed by atoms with E-state index in [0.717, 1.165) is 22.3 Å². The van der Waals surface area contributed by atoms with Gasteiger partial charge in [-0.3, -0.25) is 0 Å². The minimum Gasteiger partial charge on any atom is -0.488 e. The van der Waals surface area contributed by atoms with Crippen LogP contribution in [0.5, 0.6) is 5.75 Å². The molecule has 0 radical (unpaired) electrons. The summed E-state index contributed by atoms with van der Waals surface area (Å²) >= 11 is 9.65. The van der Waals surface area contributed by atoms with Gasteiger partial charge in [-0.2, -0.15) is 0 Å². The molecule has 1 saturated carbocycles. The van der Waals surface area contributed by atoms with Crippen molar-refractivity contribution in [2.24, 2.45) is 0 Å². The molecule has 0 spiro atoms. The van der Waals surface area contributed by atoms with Crippen molar-refractivity contribution in [2.75, 3.05) is 0 Å². The summed E-state index contributed by atoms with van der Waals surface area (Å²) in [4.78, 5) is 0. The molecule has 5 heteroatoms. The van der Waals surface area contributed by atoms with Gasteiger partial charge in [-0.25, -0.2) is 4.39 Å². The van der Waals surface area contributed by atoms with E-state index < -0.39 is 0 Å². The smallest absolute Gasteiger partial charge is 0.131 e. The van der Waals surface area contributed by atoms with E-state index in [2.05, 4.69) is 27.3 Å². The van der Waals surface area contributed by atoms with E-state index in [4.69, 9.17) is 16.3 Å². The van der Waals surface area contributed by atoms with Gasteiger partial charge >= 0.3 is 0 Å². The second-order valence-corrected chi connectivity index (χ2v) is 8.49. The fraction of sp³-hybridized carbons (Fsp3) is 0.455. The van der Waals surface area contributed by atoms with E-state index in [1.807, 2.05) is 12.1 Å². The largest absolute Gasteiger partial charge is 0.488 e. The normalized spacial score (nSPS) is 16.0. The lowest BCUT2D eigenvalue weighted by Crippen LogP contribution is -2.29. The summed E-state index contributed by atoms with van der Waals surface area (Å²) in [5.41, 5.74) is 1.46. The molecule has 1 aliphatic carbocycles. The second kappa shape index (κ2) is 10.4. The van der Waals surface area contributed by atoms with E-state index >= 15 is 0 Å². The van der Waals surface area contributed by atoms with Crippen LogP contribution in [0.4, 0.5) is 4.39 Å². The minimum atomic E-state index is -0.339. The lowest BCUT2D eigenvalue weighted by atomic mass is 9.96. The molecule has 3 rings (SSSR count). The van der Waals surface area contributed by atoms with Gasteiger partial charge in [0.2, 0.25) is 0 Å². The maximum absolute atomic E-state index is 14.0. The van der Waals surface area contributed by atoms with Crippen molar-refractivity contribution in [1.82, 2.24) is 5.32 Å². The highest BCUT2D eigenvalue weighted by molar-refractivity contribution is 9.10. The molecule has 27 heavy (non-hydrogen) atoms. The second-order valence-electron chi connectivity index (χ2n) is 7.16. The third-order valence-electron chi connectivity index (χ3n) is 5.14. The Balaban J connectivity index is 1.65. The lowest BCUT2D eigenvalue weighted by Gasteiger charge is -2.22. The Labute approximate surface area is 174 Å². The summed E-state index contributed by atoms with van der Waals surface area (Å²) in [6.45, 7) is 0.855. The first-order valence-corrected chi connectivity index (χ1v) is 10.9. The molecule has 0 saturated heterocycles. The van der Waals surface area contributed by atoms with Crippen LogP contribution in [0.25, 0.3) is 0 Å². The van der Waals surface area contributed by atoms with E-state index in [9.17, 15) is 4.39 Å². The first-order chi connectivity index (χ1) is 13.1. The summed E-state index contributed by atoms with van der Waals surface area (Å²) in [7, 11) is 0. The van der Waals surface area contributed by atoms with Crippen LogP contribution in [-0.4, -0.2) is 6.04 Å². The van der Waals surface area contributed by atoms with E-state index in [1.54, 1.807) is 12.1 Å². The van der Waals surface area contributed by atoms with Crippen molar-refractivity contribution in [1.29, 1.82) is 0 Å². The van der Waals surface area contributed by atoms with Crippen molar-refractivity contribution in [2.45, 2.75) is 64.1 Å². The van der Waals surface area contributed by atoms with Crippen LogP contribution in [0.3, 0.4) is 0 Å². The number of hydrogen-bond donors (Lipinski definition) is 1. The first-order valence-electron chi connectivity index (χ1n) is 9.71.